The van der Waals surface area contributed by atoms with Gasteiger partial charge >= 0.3 is 0 Å². The van der Waals surface area contributed by atoms with E-state index in [-0.39, 0.29) is 11.7 Å². The van der Waals surface area contributed by atoms with Crippen LogP contribution >= 0.6 is 0 Å². The molecule has 3 aromatic rings. The first-order valence-corrected chi connectivity index (χ1v) is 7.91. The molecule has 0 unspecified atom stereocenters. The second-order valence-corrected chi connectivity index (χ2v) is 5.42. The zero-order chi connectivity index (χ0) is 18.2. The molecule has 0 aliphatic heterocycles. The SMILES string of the molecule is O=C(N/N=C/c1ccc(OCc2ccc(F)cc2)cc1)c1ccncc1. The average molecular weight is 349 g/mol. The van der Waals surface area contributed by atoms with Gasteiger partial charge in [-0.25, -0.2) is 9.82 Å². The summed E-state index contributed by atoms with van der Waals surface area (Å²) in [7, 11) is 0. The van der Waals surface area contributed by atoms with E-state index in [1.165, 1.54) is 12.1 Å². The van der Waals surface area contributed by atoms with Crippen LogP contribution in [0.3, 0.4) is 0 Å². The van der Waals surface area contributed by atoms with Crippen LogP contribution in [0.4, 0.5) is 4.39 Å². The van der Waals surface area contributed by atoms with Gasteiger partial charge in [-0.05, 0) is 59.7 Å². The van der Waals surface area contributed by atoms with Crippen LogP contribution in [0, 0.1) is 5.82 Å². The highest BCUT2D eigenvalue weighted by Gasteiger charge is 2.02. The van der Waals surface area contributed by atoms with Crippen molar-refractivity contribution >= 4 is 12.1 Å². The number of pyridine rings is 1. The van der Waals surface area contributed by atoms with Crippen molar-refractivity contribution in [3.8, 4) is 5.75 Å². The topological polar surface area (TPSA) is 63.6 Å². The van der Waals surface area contributed by atoms with Gasteiger partial charge in [0.1, 0.15) is 18.2 Å². The van der Waals surface area contributed by atoms with E-state index < -0.39 is 0 Å². The molecule has 1 N–H and O–H groups in total. The second-order valence-electron chi connectivity index (χ2n) is 5.42. The van der Waals surface area contributed by atoms with Crippen LogP contribution in [-0.4, -0.2) is 17.1 Å². The molecule has 0 atom stereocenters. The number of benzene rings is 2. The molecule has 2 aromatic carbocycles. The lowest BCUT2D eigenvalue weighted by Crippen LogP contribution is -2.17. The van der Waals surface area contributed by atoms with Gasteiger partial charge in [0, 0.05) is 18.0 Å². The van der Waals surface area contributed by atoms with Gasteiger partial charge in [0.15, 0.2) is 0 Å². The number of rotatable bonds is 6. The number of nitrogens with one attached hydrogen (secondary N) is 1. The highest BCUT2D eigenvalue weighted by atomic mass is 19.1. The largest absolute Gasteiger partial charge is 0.489 e. The first-order valence-electron chi connectivity index (χ1n) is 7.91. The Bertz CT molecular complexity index is 879. The monoisotopic (exact) mass is 349 g/mol. The van der Waals surface area contributed by atoms with Crippen LogP contribution < -0.4 is 10.2 Å². The summed E-state index contributed by atoms with van der Waals surface area (Å²) in [6.45, 7) is 0.357. The normalized spacial score (nSPS) is 10.7. The minimum Gasteiger partial charge on any atom is -0.489 e. The molecule has 0 aliphatic rings. The van der Waals surface area contributed by atoms with Crippen molar-refractivity contribution in [2.24, 2.45) is 5.10 Å². The van der Waals surface area contributed by atoms with E-state index in [0.29, 0.717) is 17.9 Å². The van der Waals surface area contributed by atoms with Crippen LogP contribution in [0.5, 0.6) is 5.75 Å². The van der Waals surface area contributed by atoms with Crippen molar-refractivity contribution in [3.05, 3.63) is 95.6 Å². The maximum absolute atomic E-state index is 12.9. The van der Waals surface area contributed by atoms with Crippen molar-refractivity contribution in [2.75, 3.05) is 0 Å². The molecule has 0 spiro atoms. The Morgan fingerprint density at radius 2 is 1.73 bits per heavy atom. The summed E-state index contributed by atoms with van der Waals surface area (Å²) in [5, 5.41) is 3.93. The fourth-order valence-electron chi connectivity index (χ4n) is 2.13. The van der Waals surface area contributed by atoms with Gasteiger partial charge in [-0.1, -0.05) is 12.1 Å². The number of nitrogens with zero attached hydrogens (tertiary/aromatic N) is 2. The number of hydrogen-bond donors (Lipinski definition) is 1. The van der Waals surface area contributed by atoms with Gasteiger partial charge in [0.25, 0.3) is 5.91 Å². The highest BCUT2D eigenvalue weighted by Crippen LogP contribution is 2.14. The number of halogens is 1. The summed E-state index contributed by atoms with van der Waals surface area (Å²) < 4.78 is 18.5. The lowest BCUT2D eigenvalue weighted by molar-refractivity contribution is 0.0955. The zero-order valence-corrected chi connectivity index (χ0v) is 13.8. The van der Waals surface area contributed by atoms with E-state index >= 15 is 0 Å². The third-order valence-corrected chi connectivity index (χ3v) is 3.52. The van der Waals surface area contributed by atoms with Gasteiger partial charge in [-0.3, -0.25) is 9.78 Å². The molecule has 0 aliphatic carbocycles. The number of carbonyl (C=O) groups excluding carboxylic acids is 1. The Morgan fingerprint density at radius 1 is 1.04 bits per heavy atom. The average Bonchev–Trinajstić information content (AvgIpc) is 2.69. The first kappa shape index (κ1) is 17.3. The number of amides is 1. The molecule has 0 saturated carbocycles. The molecular formula is C20H16FN3O2. The zero-order valence-electron chi connectivity index (χ0n) is 13.8. The summed E-state index contributed by atoms with van der Waals surface area (Å²) in [5.74, 6) is 0.114. The molecule has 5 nitrogen and oxygen atoms in total. The molecule has 0 saturated heterocycles. The van der Waals surface area contributed by atoms with E-state index in [2.05, 4.69) is 15.5 Å². The number of carbonyl (C=O) groups is 1. The predicted octanol–water partition coefficient (Wildman–Crippen LogP) is 3.56. The molecule has 0 radical (unpaired) electrons. The molecule has 130 valence electrons. The predicted molar refractivity (Wildman–Crippen MR) is 96.5 cm³/mol. The lowest BCUT2D eigenvalue weighted by atomic mass is 10.2. The van der Waals surface area contributed by atoms with Gasteiger partial charge in [0.2, 0.25) is 0 Å². The molecular weight excluding hydrogens is 333 g/mol. The summed E-state index contributed by atoms with van der Waals surface area (Å²) in [5.41, 5.74) is 4.64. The van der Waals surface area contributed by atoms with Crippen LogP contribution in [0.25, 0.3) is 0 Å². The Morgan fingerprint density at radius 3 is 2.42 bits per heavy atom. The van der Waals surface area contributed by atoms with E-state index in [0.717, 1.165) is 11.1 Å². The lowest BCUT2D eigenvalue weighted by Gasteiger charge is -2.06. The smallest absolute Gasteiger partial charge is 0.271 e. The molecule has 6 heteroatoms. The van der Waals surface area contributed by atoms with Crippen LogP contribution in [0.1, 0.15) is 21.5 Å². The molecule has 1 heterocycles. The van der Waals surface area contributed by atoms with Crippen molar-refractivity contribution < 1.29 is 13.9 Å². The summed E-state index contributed by atoms with van der Waals surface area (Å²) in [6.07, 6.45) is 4.63. The molecule has 1 amide bonds. The summed E-state index contributed by atoms with van der Waals surface area (Å²) in [6, 6.07) is 16.6. The van der Waals surface area contributed by atoms with Crippen molar-refractivity contribution in [3.63, 3.8) is 0 Å². The Labute approximate surface area is 150 Å². The third-order valence-electron chi connectivity index (χ3n) is 3.52. The standard InChI is InChI=1S/C20H16FN3O2/c21-18-5-1-16(2-6-18)14-26-19-7-3-15(4-8-19)13-23-24-20(25)17-9-11-22-12-10-17/h1-13H,14H2,(H,24,25)/b23-13+. The van der Waals surface area contributed by atoms with Crippen molar-refractivity contribution in [1.82, 2.24) is 10.4 Å². The molecule has 1 aromatic heterocycles. The maximum atomic E-state index is 12.9. The van der Waals surface area contributed by atoms with Crippen LogP contribution in [-0.2, 0) is 6.61 Å². The van der Waals surface area contributed by atoms with Crippen molar-refractivity contribution in [2.45, 2.75) is 6.61 Å². The van der Waals surface area contributed by atoms with Crippen molar-refractivity contribution in [1.29, 1.82) is 0 Å². The van der Waals surface area contributed by atoms with Gasteiger partial charge < -0.3 is 4.74 Å². The summed E-state index contributed by atoms with van der Waals surface area (Å²) in [4.78, 5) is 15.7. The van der Waals surface area contributed by atoms with Crippen LogP contribution in [0.15, 0.2) is 78.2 Å². The van der Waals surface area contributed by atoms with Gasteiger partial charge in [0.05, 0.1) is 6.21 Å². The molecule has 26 heavy (non-hydrogen) atoms. The Kier molecular flexibility index (Phi) is 5.67. The van der Waals surface area contributed by atoms with Gasteiger partial charge in [-0.15, -0.1) is 0 Å². The third kappa shape index (κ3) is 4.98. The minimum absolute atomic E-state index is 0.270. The van der Waals surface area contributed by atoms with Gasteiger partial charge in [-0.2, -0.15) is 5.10 Å². The maximum Gasteiger partial charge on any atom is 0.271 e. The first-order chi connectivity index (χ1) is 12.7. The Balaban J connectivity index is 1.51. The molecule has 0 bridgehead atoms. The number of aromatic nitrogens is 1. The number of hydrogen-bond acceptors (Lipinski definition) is 4. The second kappa shape index (κ2) is 8.53. The van der Waals surface area contributed by atoms with E-state index in [4.69, 9.17) is 4.74 Å². The molecule has 3 rings (SSSR count). The Hall–Kier alpha value is -3.54. The minimum atomic E-state index is -0.303. The molecule has 0 fully saturated rings. The quantitative estimate of drug-likeness (QED) is 0.547. The van der Waals surface area contributed by atoms with Crippen LogP contribution in [0.2, 0.25) is 0 Å². The van der Waals surface area contributed by atoms with E-state index in [9.17, 15) is 9.18 Å². The van der Waals surface area contributed by atoms with E-state index in [1.807, 2.05) is 12.1 Å². The number of ether oxygens (including phenoxy) is 1. The fourth-order valence-corrected chi connectivity index (χ4v) is 2.13. The fraction of sp³-hybridized carbons (Fsp3) is 0.0500. The highest BCUT2D eigenvalue weighted by molar-refractivity contribution is 5.94. The number of hydrazone groups is 1. The summed E-state index contributed by atoms with van der Waals surface area (Å²) >= 11 is 0. The van der Waals surface area contributed by atoms with E-state index in [1.54, 1.807) is 55.0 Å².